The number of carbonyl (C=O) groups is 1. The molecule has 2 heterocycles. The average Bonchev–Trinajstić information content (AvgIpc) is 3.20. The lowest BCUT2D eigenvalue weighted by molar-refractivity contribution is 0.0926. The van der Waals surface area contributed by atoms with Crippen molar-refractivity contribution < 1.29 is 4.79 Å². The van der Waals surface area contributed by atoms with E-state index in [2.05, 4.69) is 22.2 Å². The highest BCUT2D eigenvalue weighted by Crippen LogP contribution is 2.40. The van der Waals surface area contributed by atoms with Gasteiger partial charge in [0.2, 0.25) is 0 Å². The molecule has 1 unspecified atom stereocenters. The summed E-state index contributed by atoms with van der Waals surface area (Å²) in [4.78, 5) is 20.1. The van der Waals surface area contributed by atoms with Gasteiger partial charge in [0.05, 0.1) is 11.7 Å². The van der Waals surface area contributed by atoms with Crippen LogP contribution >= 0.6 is 0 Å². The molecular formula is C17H21N3O. The summed E-state index contributed by atoms with van der Waals surface area (Å²) in [6.45, 7) is 4.05. The molecule has 1 aliphatic rings. The Labute approximate surface area is 125 Å². The van der Waals surface area contributed by atoms with Gasteiger partial charge in [-0.3, -0.25) is 9.78 Å². The maximum Gasteiger partial charge on any atom is 0.268 e. The Bertz CT molecular complexity index is 643. The first-order valence-corrected chi connectivity index (χ1v) is 7.59. The predicted molar refractivity (Wildman–Crippen MR) is 82.1 cm³/mol. The Balaban J connectivity index is 1.77. The molecule has 2 N–H and O–H groups in total. The number of nitrogens with one attached hydrogen (secondary N) is 2. The van der Waals surface area contributed by atoms with E-state index >= 15 is 0 Å². The third-order valence-electron chi connectivity index (χ3n) is 3.98. The van der Waals surface area contributed by atoms with Gasteiger partial charge in [0.15, 0.2) is 0 Å². The van der Waals surface area contributed by atoms with Gasteiger partial charge in [0, 0.05) is 11.4 Å². The van der Waals surface area contributed by atoms with Gasteiger partial charge in [-0.1, -0.05) is 13.0 Å². The number of amides is 1. The first-order valence-electron chi connectivity index (χ1n) is 7.59. The zero-order chi connectivity index (χ0) is 14.8. The summed E-state index contributed by atoms with van der Waals surface area (Å²) in [5.41, 5.74) is 3.66. The molecule has 2 aromatic rings. The highest BCUT2D eigenvalue weighted by atomic mass is 16.1. The maximum absolute atomic E-state index is 12.4. The zero-order valence-corrected chi connectivity index (χ0v) is 12.5. The van der Waals surface area contributed by atoms with E-state index in [1.807, 2.05) is 37.3 Å². The van der Waals surface area contributed by atoms with Crippen LogP contribution in [0.3, 0.4) is 0 Å². The first kappa shape index (κ1) is 13.9. The average molecular weight is 283 g/mol. The molecule has 1 atom stereocenters. The molecule has 3 rings (SSSR count). The van der Waals surface area contributed by atoms with Crippen LogP contribution in [-0.4, -0.2) is 15.9 Å². The van der Waals surface area contributed by atoms with Gasteiger partial charge in [0.25, 0.3) is 5.91 Å². The molecule has 110 valence electrons. The minimum absolute atomic E-state index is 0.0192. The Morgan fingerprint density at radius 2 is 2.19 bits per heavy atom. The molecule has 2 aromatic heterocycles. The Morgan fingerprint density at radius 1 is 1.38 bits per heavy atom. The standard InChI is InChI=1S/C17H21N3O/c1-3-13-9-10-15(19-13)17(21)20-16(12-7-8-12)14-6-4-5-11(2)18-14/h4-6,9-10,12,16,19H,3,7-8H2,1-2H3,(H,20,21). The van der Waals surface area contributed by atoms with Crippen LogP contribution in [0.25, 0.3) is 0 Å². The molecule has 4 nitrogen and oxygen atoms in total. The number of nitrogens with zero attached hydrogens (tertiary/aromatic N) is 1. The largest absolute Gasteiger partial charge is 0.354 e. The van der Waals surface area contributed by atoms with E-state index in [1.165, 1.54) is 0 Å². The molecule has 0 spiro atoms. The molecule has 1 saturated carbocycles. The Hall–Kier alpha value is -2.10. The monoisotopic (exact) mass is 283 g/mol. The lowest BCUT2D eigenvalue weighted by Gasteiger charge is -2.18. The van der Waals surface area contributed by atoms with Gasteiger partial charge in [-0.25, -0.2) is 0 Å². The quantitative estimate of drug-likeness (QED) is 0.885. The summed E-state index contributed by atoms with van der Waals surface area (Å²) in [5.74, 6) is 0.471. The van der Waals surface area contributed by atoms with Crippen LogP contribution in [0.1, 0.15) is 53.4 Å². The Kier molecular flexibility index (Phi) is 3.78. The van der Waals surface area contributed by atoms with Crippen molar-refractivity contribution in [2.45, 2.75) is 39.2 Å². The van der Waals surface area contributed by atoms with Gasteiger partial charge >= 0.3 is 0 Å². The number of aromatic amines is 1. The molecule has 0 bridgehead atoms. The number of H-pyrrole nitrogens is 1. The van der Waals surface area contributed by atoms with Gasteiger partial charge in [0.1, 0.15) is 5.69 Å². The van der Waals surface area contributed by atoms with Crippen LogP contribution in [0, 0.1) is 12.8 Å². The van der Waals surface area contributed by atoms with Crippen molar-refractivity contribution in [1.29, 1.82) is 0 Å². The summed E-state index contributed by atoms with van der Waals surface area (Å²) in [7, 11) is 0. The van der Waals surface area contributed by atoms with Crippen molar-refractivity contribution in [3.8, 4) is 0 Å². The topological polar surface area (TPSA) is 57.8 Å². The van der Waals surface area contributed by atoms with E-state index in [9.17, 15) is 4.79 Å². The number of hydrogen-bond donors (Lipinski definition) is 2. The summed E-state index contributed by atoms with van der Waals surface area (Å²) < 4.78 is 0. The van der Waals surface area contributed by atoms with Crippen LogP contribution in [0.4, 0.5) is 0 Å². The van der Waals surface area contributed by atoms with Gasteiger partial charge in [-0.2, -0.15) is 0 Å². The summed E-state index contributed by atoms with van der Waals surface area (Å²) in [6, 6.07) is 9.82. The second-order valence-electron chi connectivity index (χ2n) is 5.74. The van der Waals surface area contributed by atoms with Crippen molar-refractivity contribution in [3.05, 3.63) is 53.1 Å². The third-order valence-corrected chi connectivity index (χ3v) is 3.98. The summed E-state index contributed by atoms with van der Waals surface area (Å²) in [5, 5.41) is 3.14. The number of aromatic nitrogens is 2. The molecule has 0 radical (unpaired) electrons. The molecular weight excluding hydrogens is 262 g/mol. The number of rotatable bonds is 5. The molecule has 0 aliphatic heterocycles. The molecule has 21 heavy (non-hydrogen) atoms. The predicted octanol–water partition coefficient (Wildman–Crippen LogP) is 3.16. The molecule has 0 aromatic carbocycles. The minimum atomic E-state index is -0.0464. The number of pyridine rings is 1. The van der Waals surface area contributed by atoms with Crippen LogP contribution in [0.5, 0.6) is 0 Å². The fourth-order valence-corrected chi connectivity index (χ4v) is 2.60. The van der Waals surface area contributed by atoms with Crippen LogP contribution < -0.4 is 5.32 Å². The number of carbonyl (C=O) groups excluding carboxylic acids is 1. The van der Waals surface area contributed by atoms with Crippen LogP contribution in [0.2, 0.25) is 0 Å². The van der Waals surface area contributed by atoms with Gasteiger partial charge < -0.3 is 10.3 Å². The van der Waals surface area contributed by atoms with E-state index in [0.717, 1.165) is 36.3 Å². The first-order chi connectivity index (χ1) is 10.2. The molecule has 1 aliphatic carbocycles. The molecule has 0 saturated heterocycles. The normalized spacial score (nSPS) is 15.7. The minimum Gasteiger partial charge on any atom is -0.354 e. The van der Waals surface area contributed by atoms with E-state index in [0.29, 0.717) is 11.6 Å². The molecule has 1 amide bonds. The second kappa shape index (κ2) is 5.72. The smallest absolute Gasteiger partial charge is 0.268 e. The van der Waals surface area contributed by atoms with E-state index in [1.54, 1.807) is 0 Å². The van der Waals surface area contributed by atoms with Gasteiger partial charge in [-0.15, -0.1) is 0 Å². The highest BCUT2D eigenvalue weighted by Gasteiger charge is 2.34. The van der Waals surface area contributed by atoms with Crippen molar-refractivity contribution in [1.82, 2.24) is 15.3 Å². The van der Waals surface area contributed by atoms with Crippen molar-refractivity contribution in [2.24, 2.45) is 5.92 Å². The van der Waals surface area contributed by atoms with Gasteiger partial charge in [-0.05, 0) is 56.4 Å². The number of hydrogen-bond acceptors (Lipinski definition) is 2. The zero-order valence-electron chi connectivity index (χ0n) is 12.5. The lowest BCUT2D eigenvalue weighted by atomic mass is 10.1. The van der Waals surface area contributed by atoms with Crippen molar-refractivity contribution >= 4 is 5.91 Å². The SMILES string of the molecule is CCc1ccc(C(=O)NC(c2cccc(C)n2)C2CC2)[nH]1. The Morgan fingerprint density at radius 3 is 2.81 bits per heavy atom. The molecule has 1 fully saturated rings. The van der Waals surface area contributed by atoms with E-state index < -0.39 is 0 Å². The lowest BCUT2D eigenvalue weighted by Crippen LogP contribution is -2.30. The van der Waals surface area contributed by atoms with Crippen LogP contribution in [0.15, 0.2) is 30.3 Å². The van der Waals surface area contributed by atoms with Crippen molar-refractivity contribution in [2.75, 3.05) is 0 Å². The second-order valence-corrected chi connectivity index (χ2v) is 5.74. The van der Waals surface area contributed by atoms with E-state index in [-0.39, 0.29) is 11.9 Å². The maximum atomic E-state index is 12.4. The highest BCUT2D eigenvalue weighted by molar-refractivity contribution is 5.92. The van der Waals surface area contributed by atoms with Crippen LogP contribution in [-0.2, 0) is 6.42 Å². The molecule has 4 heteroatoms. The van der Waals surface area contributed by atoms with Crippen molar-refractivity contribution in [3.63, 3.8) is 0 Å². The number of aryl methyl sites for hydroxylation is 2. The fraction of sp³-hybridized carbons (Fsp3) is 0.412. The summed E-state index contributed by atoms with van der Waals surface area (Å²) >= 11 is 0. The summed E-state index contributed by atoms with van der Waals surface area (Å²) in [6.07, 6.45) is 3.22. The van der Waals surface area contributed by atoms with E-state index in [4.69, 9.17) is 0 Å². The fourth-order valence-electron chi connectivity index (χ4n) is 2.60. The third kappa shape index (κ3) is 3.15.